The molecule has 0 aromatic heterocycles. The highest BCUT2D eigenvalue weighted by Crippen LogP contribution is 2.23. The summed E-state index contributed by atoms with van der Waals surface area (Å²) < 4.78 is 5.08. The summed E-state index contributed by atoms with van der Waals surface area (Å²) in [6, 6.07) is 0. The molecule has 1 fully saturated rings. The van der Waals surface area contributed by atoms with Crippen LogP contribution in [0.4, 0.5) is 0 Å². The minimum absolute atomic E-state index is 0.251. The molecular weight excluding hydrogens is 178 g/mol. The van der Waals surface area contributed by atoms with Crippen LogP contribution in [0.2, 0.25) is 0 Å². The highest BCUT2D eigenvalue weighted by atomic mass is 16.5. The van der Waals surface area contributed by atoms with Crippen molar-refractivity contribution in [2.24, 2.45) is 5.41 Å². The molecule has 0 aliphatic carbocycles. The highest BCUT2D eigenvalue weighted by molar-refractivity contribution is 5.82. The van der Waals surface area contributed by atoms with Gasteiger partial charge in [-0.2, -0.15) is 0 Å². The molecule has 0 radical (unpaired) electrons. The molecule has 14 heavy (non-hydrogen) atoms. The normalized spacial score (nSPS) is 19.2. The smallest absolute Gasteiger partial charge is 0.148 e. The molecule has 82 valence electrons. The van der Waals surface area contributed by atoms with Crippen LogP contribution < -0.4 is 0 Å². The Bertz CT molecular complexity index is 201. The molecule has 0 N–H and O–H groups in total. The lowest BCUT2D eigenvalue weighted by Gasteiger charge is -2.29. The molecule has 0 saturated carbocycles. The molecule has 1 rings (SSSR count). The lowest BCUT2D eigenvalue weighted by Crippen LogP contribution is -2.33. The summed E-state index contributed by atoms with van der Waals surface area (Å²) in [7, 11) is 1.73. The van der Waals surface area contributed by atoms with Gasteiger partial charge in [0.15, 0.2) is 0 Å². The summed E-state index contributed by atoms with van der Waals surface area (Å²) in [5.41, 5.74) is 0.251. The second-order valence-electron chi connectivity index (χ2n) is 4.91. The lowest BCUT2D eigenvalue weighted by molar-refractivity contribution is -0.117. The number of nitrogens with zero attached hydrogens (tertiary/aromatic N) is 1. The number of carbonyl (C=O) groups excluding carboxylic acids is 1. The molecule has 1 aliphatic heterocycles. The molecule has 0 atom stereocenters. The molecule has 0 aromatic carbocycles. The number of ketones is 1. The van der Waals surface area contributed by atoms with Gasteiger partial charge in [0.05, 0.1) is 6.54 Å². The number of Topliss-reactive ketones (excluding diaryl/α,β-unsaturated/α-hetero) is 1. The van der Waals surface area contributed by atoms with Gasteiger partial charge in [-0.1, -0.05) is 13.8 Å². The Balaban J connectivity index is 2.30. The van der Waals surface area contributed by atoms with E-state index in [1.54, 1.807) is 7.11 Å². The van der Waals surface area contributed by atoms with Crippen molar-refractivity contribution in [1.82, 2.24) is 4.90 Å². The minimum atomic E-state index is 0.251. The third-order valence-electron chi connectivity index (χ3n) is 2.74. The Kier molecular flexibility index (Phi) is 4.08. The van der Waals surface area contributed by atoms with Crippen molar-refractivity contribution >= 4 is 5.78 Å². The number of ether oxygens (including phenoxy) is 1. The van der Waals surface area contributed by atoms with Crippen molar-refractivity contribution in [2.75, 3.05) is 33.4 Å². The molecule has 3 nitrogen and oxygen atoms in total. The first kappa shape index (κ1) is 11.7. The van der Waals surface area contributed by atoms with Crippen LogP contribution in [0.5, 0.6) is 0 Å². The van der Waals surface area contributed by atoms with Gasteiger partial charge < -0.3 is 4.74 Å². The highest BCUT2D eigenvalue weighted by Gasteiger charge is 2.26. The van der Waals surface area contributed by atoms with Gasteiger partial charge in [0.25, 0.3) is 0 Å². The molecule has 1 aliphatic rings. The number of hydrogen-bond donors (Lipinski definition) is 0. The Morgan fingerprint density at radius 1 is 1.50 bits per heavy atom. The fraction of sp³-hybridized carbons (Fsp3) is 0.909. The van der Waals surface area contributed by atoms with E-state index in [1.807, 2.05) is 0 Å². The number of hydrogen-bond acceptors (Lipinski definition) is 3. The standard InChI is InChI=1S/C11H21NO2/c1-11(2,5-7-14-3)9-12-6-4-10(13)8-12/h4-9H2,1-3H3. The van der Waals surface area contributed by atoms with E-state index in [0.29, 0.717) is 12.3 Å². The molecule has 1 heterocycles. The van der Waals surface area contributed by atoms with E-state index in [-0.39, 0.29) is 5.41 Å². The van der Waals surface area contributed by atoms with E-state index in [9.17, 15) is 4.79 Å². The number of likely N-dealkylation sites (tertiary alicyclic amines) is 1. The summed E-state index contributed by atoms with van der Waals surface area (Å²) in [4.78, 5) is 13.3. The molecular formula is C11H21NO2. The van der Waals surface area contributed by atoms with Crippen LogP contribution in [-0.2, 0) is 9.53 Å². The third-order valence-corrected chi connectivity index (χ3v) is 2.74. The molecule has 1 saturated heterocycles. The number of methoxy groups -OCH3 is 1. The maximum Gasteiger partial charge on any atom is 0.148 e. The summed E-state index contributed by atoms with van der Waals surface area (Å²) in [5, 5.41) is 0. The van der Waals surface area contributed by atoms with E-state index in [0.717, 1.165) is 32.5 Å². The van der Waals surface area contributed by atoms with Gasteiger partial charge in [0.1, 0.15) is 5.78 Å². The summed E-state index contributed by atoms with van der Waals surface area (Å²) >= 11 is 0. The maximum absolute atomic E-state index is 11.1. The largest absolute Gasteiger partial charge is 0.385 e. The lowest BCUT2D eigenvalue weighted by atomic mass is 9.89. The zero-order valence-electron chi connectivity index (χ0n) is 9.51. The predicted molar refractivity (Wildman–Crippen MR) is 56.3 cm³/mol. The van der Waals surface area contributed by atoms with Crippen molar-refractivity contribution < 1.29 is 9.53 Å². The van der Waals surface area contributed by atoms with Gasteiger partial charge in [0, 0.05) is 33.2 Å². The second kappa shape index (κ2) is 4.89. The Hall–Kier alpha value is -0.410. The fourth-order valence-electron chi connectivity index (χ4n) is 1.89. The average Bonchev–Trinajstić information content (AvgIpc) is 2.47. The van der Waals surface area contributed by atoms with Gasteiger partial charge in [-0.25, -0.2) is 0 Å². The van der Waals surface area contributed by atoms with E-state index >= 15 is 0 Å². The first-order chi connectivity index (χ1) is 6.53. The Morgan fingerprint density at radius 3 is 2.71 bits per heavy atom. The summed E-state index contributed by atoms with van der Waals surface area (Å²) in [5.74, 6) is 0.382. The van der Waals surface area contributed by atoms with Crippen LogP contribution in [0.1, 0.15) is 26.7 Å². The van der Waals surface area contributed by atoms with Gasteiger partial charge in [-0.15, -0.1) is 0 Å². The summed E-state index contributed by atoms with van der Waals surface area (Å²) in [6.45, 7) is 7.85. The number of rotatable bonds is 5. The molecule has 0 amide bonds. The van der Waals surface area contributed by atoms with Crippen LogP contribution in [0.25, 0.3) is 0 Å². The topological polar surface area (TPSA) is 29.5 Å². The van der Waals surface area contributed by atoms with Crippen LogP contribution in [0.3, 0.4) is 0 Å². The quantitative estimate of drug-likeness (QED) is 0.669. The van der Waals surface area contributed by atoms with E-state index in [1.165, 1.54) is 0 Å². The van der Waals surface area contributed by atoms with Crippen LogP contribution in [0, 0.1) is 5.41 Å². The Morgan fingerprint density at radius 2 is 2.21 bits per heavy atom. The first-order valence-electron chi connectivity index (χ1n) is 5.26. The first-order valence-corrected chi connectivity index (χ1v) is 5.26. The van der Waals surface area contributed by atoms with Gasteiger partial charge >= 0.3 is 0 Å². The summed E-state index contributed by atoms with van der Waals surface area (Å²) in [6.07, 6.45) is 1.79. The zero-order chi connectivity index (χ0) is 10.6. The maximum atomic E-state index is 11.1. The monoisotopic (exact) mass is 199 g/mol. The Labute approximate surface area is 86.4 Å². The van der Waals surface area contributed by atoms with Crippen molar-refractivity contribution in [3.05, 3.63) is 0 Å². The van der Waals surface area contributed by atoms with Crippen LogP contribution in [-0.4, -0.2) is 44.0 Å². The van der Waals surface area contributed by atoms with Gasteiger partial charge in [-0.05, 0) is 11.8 Å². The SMILES string of the molecule is COCCC(C)(C)CN1CCC(=O)C1. The predicted octanol–water partition coefficient (Wildman–Crippen LogP) is 1.32. The van der Waals surface area contributed by atoms with Crippen molar-refractivity contribution in [3.63, 3.8) is 0 Å². The van der Waals surface area contributed by atoms with Crippen LogP contribution in [0.15, 0.2) is 0 Å². The number of carbonyl (C=O) groups is 1. The van der Waals surface area contributed by atoms with Crippen LogP contribution >= 0.6 is 0 Å². The molecule has 0 unspecified atom stereocenters. The molecule has 0 aromatic rings. The molecule has 0 bridgehead atoms. The van der Waals surface area contributed by atoms with E-state index in [2.05, 4.69) is 18.7 Å². The van der Waals surface area contributed by atoms with Crippen molar-refractivity contribution in [2.45, 2.75) is 26.7 Å². The molecule has 3 heteroatoms. The average molecular weight is 199 g/mol. The molecule has 0 spiro atoms. The minimum Gasteiger partial charge on any atom is -0.385 e. The fourth-order valence-corrected chi connectivity index (χ4v) is 1.89. The van der Waals surface area contributed by atoms with Gasteiger partial charge in [-0.3, -0.25) is 9.69 Å². The van der Waals surface area contributed by atoms with E-state index in [4.69, 9.17) is 4.74 Å². The second-order valence-corrected chi connectivity index (χ2v) is 4.91. The van der Waals surface area contributed by atoms with Crippen molar-refractivity contribution in [3.8, 4) is 0 Å². The van der Waals surface area contributed by atoms with Gasteiger partial charge in [0.2, 0.25) is 0 Å². The van der Waals surface area contributed by atoms with Crippen molar-refractivity contribution in [1.29, 1.82) is 0 Å². The van der Waals surface area contributed by atoms with E-state index < -0.39 is 0 Å². The zero-order valence-corrected chi connectivity index (χ0v) is 9.51. The third kappa shape index (κ3) is 3.76.